The number of rotatable bonds is 9. The Morgan fingerprint density at radius 3 is 2.47 bits per heavy atom. The molecule has 1 aromatic heterocycles. The van der Waals surface area contributed by atoms with Crippen LogP contribution in [0.1, 0.15) is 30.8 Å². The lowest BCUT2D eigenvalue weighted by molar-refractivity contribution is -0.385. The van der Waals surface area contributed by atoms with E-state index in [0.29, 0.717) is 16.5 Å². The summed E-state index contributed by atoms with van der Waals surface area (Å²) in [5.41, 5.74) is 1.68. The molecule has 0 saturated carbocycles. The topological polar surface area (TPSA) is 86.3 Å². The van der Waals surface area contributed by atoms with Crippen molar-refractivity contribution in [2.24, 2.45) is 0 Å². The van der Waals surface area contributed by atoms with Gasteiger partial charge >= 0.3 is 0 Å². The van der Waals surface area contributed by atoms with Crippen molar-refractivity contribution in [3.8, 4) is 11.4 Å². The van der Waals surface area contributed by atoms with Crippen LogP contribution >= 0.6 is 11.8 Å². The largest absolute Gasteiger partial charge is 0.497 e. The molecule has 0 fully saturated rings. The number of thioether (sulfide) groups is 1. The number of aromatic nitrogens is 3. The van der Waals surface area contributed by atoms with Crippen molar-refractivity contribution in [3.63, 3.8) is 0 Å². The Bertz CT molecular complexity index is 1000. The number of hydrogen-bond donors (Lipinski definition) is 0. The van der Waals surface area contributed by atoms with E-state index in [9.17, 15) is 10.1 Å². The van der Waals surface area contributed by atoms with Crippen molar-refractivity contribution in [1.29, 1.82) is 0 Å². The summed E-state index contributed by atoms with van der Waals surface area (Å²) in [6.07, 6.45) is 0.871. The second kappa shape index (κ2) is 9.73. The summed E-state index contributed by atoms with van der Waals surface area (Å²) in [4.78, 5) is 13.1. The standard InChI is InChI=1S/C21H25N5O3S/c1-5-18(24(2)3)20-22-23-21(25(20)16-10-12-17(29-4)13-11-16)30-14-15-8-6-7-9-19(15)26(27)28/h6-13,18H,5,14H2,1-4H3. The Kier molecular flexibility index (Phi) is 7.07. The summed E-state index contributed by atoms with van der Waals surface area (Å²) in [6, 6.07) is 14.6. The number of methoxy groups -OCH3 is 1. The van der Waals surface area contributed by atoms with Gasteiger partial charge in [0.25, 0.3) is 5.69 Å². The van der Waals surface area contributed by atoms with Crippen LogP contribution in [0.15, 0.2) is 53.7 Å². The van der Waals surface area contributed by atoms with Gasteiger partial charge in [-0.25, -0.2) is 0 Å². The van der Waals surface area contributed by atoms with Crippen molar-refractivity contribution in [2.75, 3.05) is 21.2 Å². The lowest BCUT2D eigenvalue weighted by Gasteiger charge is -2.23. The van der Waals surface area contributed by atoms with Gasteiger partial charge in [-0.1, -0.05) is 36.9 Å². The average molecular weight is 428 g/mol. The Labute approximate surface area is 180 Å². The third-order valence-electron chi connectivity index (χ3n) is 4.84. The van der Waals surface area contributed by atoms with Crippen LogP contribution in [0.2, 0.25) is 0 Å². The zero-order chi connectivity index (χ0) is 21.7. The van der Waals surface area contributed by atoms with Crippen LogP contribution in [0.5, 0.6) is 5.75 Å². The van der Waals surface area contributed by atoms with Crippen molar-refractivity contribution in [1.82, 2.24) is 19.7 Å². The van der Waals surface area contributed by atoms with Gasteiger partial charge in [0.1, 0.15) is 5.75 Å². The number of ether oxygens (including phenoxy) is 1. The van der Waals surface area contributed by atoms with E-state index >= 15 is 0 Å². The Morgan fingerprint density at radius 2 is 1.87 bits per heavy atom. The molecular weight excluding hydrogens is 402 g/mol. The quantitative estimate of drug-likeness (QED) is 0.282. The number of benzene rings is 2. The third-order valence-corrected chi connectivity index (χ3v) is 5.82. The molecule has 3 aromatic rings. The number of nitrogens with zero attached hydrogens (tertiary/aromatic N) is 5. The molecule has 9 heteroatoms. The van der Waals surface area contributed by atoms with E-state index in [2.05, 4.69) is 22.0 Å². The van der Waals surface area contributed by atoms with Crippen LogP contribution in [-0.2, 0) is 5.75 Å². The number of nitro groups is 1. The predicted octanol–water partition coefficient (Wildman–Crippen LogP) is 4.49. The van der Waals surface area contributed by atoms with Crippen LogP contribution < -0.4 is 4.74 Å². The van der Waals surface area contributed by atoms with Gasteiger partial charge in [-0.3, -0.25) is 19.6 Å². The lowest BCUT2D eigenvalue weighted by Crippen LogP contribution is -2.22. The molecule has 30 heavy (non-hydrogen) atoms. The van der Waals surface area contributed by atoms with Crippen molar-refractivity contribution in [3.05, 3.63) is 70.0 Å². The molecule has 0 aliphatic heterocycles. The van der Waals surface area contributed by atoms with E-state index in [-0.39, 0.29) is 16.7 Å². The van der Waals surface area contributed by atoms with Gasteiger partial charge in [0.15, 0.2) is 11.0 Å². The number of nitro benzene ring substituents is 1. The fourth-order valence-corrected chi connectivity index (χ4v) is 4.25. The van der Waals surface area contributed by atoms with Gasteiger partial charge in [0.05, 0.1) is 18.1 Å². The number of para-hydroxylation sites is 1. The Balaban J connectivity index is 2.00. The monoisotopic (exact) mass is 427 g/mol. The highest BCUT2D eigenvalue weighted by molar-refractivity contribution is 7.98. The highest BCUT2D eigenvalue weighted by Gasteiger charge is 2.24. The molecule has 8 nitrogen and oxygen atoms in total. The zero-order valence-corrected chi connectivity index (χ0v) is 18.3. The molecule has 1 atom stereocenters. The maximum absolute atomic E-state index is 11.3. The van der Waals surface area contributed by atoms with Gasteiger partial charge in [-0.15, -0.1) is 10.2 Å². The molecule has 0 bridgehead atoms. The first-order chi connectivity index (χ1) is 14.5. The third kappa shape index (κ3) is 4.63. The van der Waals surface area contributed by atoms with E-state index in [0.717, 1.165) is 23.7 Å². The maximum Gasteiger partial charge on any atom is 0.273 e. The molecule has 0 aliphatic rings. The maximum atomic E-state index is 11.3. The normalized spacial score (nSPS) is 12.2. The Morgan fingerprint density at radius 1 is 1.17 bits per heavy atom. The smallest absolute Gasteiger partial charge is 0.273 e. The van der Waals surface area contributed by atoms with Crippen LogP contribution in [-0.4, -0.2) is 45.8 Å². The van der Waals surface area contributed by atoms with E-state index in [1.165, 1.54) is 17.8 Å². The van der Waals surface area contributed by atoms with Gasteiger partial charge in [0.2, 0.25) is 0 Å². The minimum absolute atomic E-state index is 0.0833. The SMILES string of the molecule is CCC(c1nnc(SCc2ccccc2[N+](=O)[O-])n1-c1ccc(OC)cc1)N(C)C. The molecule has 0 aliphatic carbocycles. The number of hydrogen-bond acceptors (Lipinski definition) is 7. The molecule has 0 saturated heterocycles. The predicted molar refractivity (Wildman–Crippen MR) is 117 cm³/mol. The molecule has 0 amide bonds. The average Bonchev–Trinajstić information content (AvgIpc) is 3.16. The second-order valence-electron chi connectivity index (χ2n) is 6.94. The van der Waals surface area contributed by atoms with Gasteiger partial charge < -0.3 is 4.74 Å². The van der Waals surface area contributed by atoms with Crippen molar-refractivity contribution >= 4 is 17.4 Å². The molecule has 0 radical (unpaired) electrons. The van der Waals surface area contributed by atoms with Crippen LogP contribution in [0.3, 0.4) is 0 Å². The lowest BCUT2D eigenvalue weighted by atomic mass is 10.2. The van der Waals surface area contributed by atoms with Crippen molar-refractivity contribution < 1.29 is 9.66 Å². The van der Waals surface area contributed by atoms with Gasteiger partial charge in [-0.2, -0.15) is 0 Å². The minimum Gasteiger partial charge on any atom is -0.497 e. The molecule has 1 unspecified atom stereocenters. The second-order valence-corrected chi connectivity index (χ2v) is 7.88. The highest BCUT2D eigenvalue weighted by atomic mass is 32.2. The molecule has 1 heterocycles. The van der Waals surface area contributed by atoms with E-state index in [4.69, 9.17) is 4.74 Å². The van der Waals surface area contributed by atoms with Crippen molar-refractivity contribution in [2.45, 2.75) is 30.3 Å². The van der Waals surface area contributed by atoms with E-state index < -0.39 is 0 Å². The Hall–Kier alpha value is -2.91. The van der Waals surface area contributed by atoms with E-state index in [1.54, 1.807) is 19.2 Å². The fraction of sp³-hybridized carbons (Fsp3) is 0.333. The fourth-order valence-electron chi connectivity index (χ4n) is 3.30. The summed E-state index contributed by atoms with van der Waals surface area (Å²) >= 11 is 1.43. The minimum atomic E-state index is -0.353. The highest BCUT2D eigenvalue weighted by Crippen LogP contribution is 2.32. The molecule has 0 spiro atoms. The van der Waals surface area contributed by atoms with Gasteiger partial charge in [-0.05, 0) is 44.8 Å². The van der Waals surface area contributed by atoms with E-state index in [1.807, 2.05) is 49.0 Å². The summed E-state index contributed by atoms with van der Waals surface area (Å²) in [6.45, 7) is 2.11. The first-order valence-electron chi connectivity index (χ1n) is 9.57. The first kappa shape index (κ1) is 21.8. The summed E-state index contributed by atoms with van der Waals surface area (Å²) in [7, 11) is 5.66. The summed E-state index contributed by atoms with van der Waals surface area (Å²) < 4.78 is 7.30. The molecule has 0 N–H and O–H groups in total. The summed E-state index contributed by atoms with van der Waals surface area (Å²) in [5.74, 6) is 2.02. The first-order valence-corrected chi connectivity index (χ1v) is 10.6. The van der Waals surface area contributed by atoms with Crippen LogP contribution in [0, 0.1) is 10.1 Å². The van der Waals surface area contributed by atoms with Crippen LogP contribution in [0.4, 0.5) is 5.69 Å². The molecule has 3 rings (SSSR count). The summed E-state index contributed by atoms with van der Waals surface area (Å²) in [5, 5.41) is 20.9. The molecule has 2 aromatic carbocycles. The molecule has 158 valence electrons. The molecular formula is C21H25N5O3S. The van der Waals surface area contributed by atoms with Crippen LogP contribution in [0.25, 0.3) is 5.69 Å². The van der Waals surface area contributed by atoms with Gasteiger partial charge in [0, 0.05) is 23.1 Å². The zero-order valence-electron chi connectivity index (χ0n) is 17.5.